The molecule has 0 unspecified atom stereocenters. The number of aryl methyl sites for hydroxylation is 2. The van der Waals surface area contributed by atoms with Crippen molar-refractivity contribution in [1.29, 1.82) is 0 Å². The Morgan fingerprint density at radius 1 is 1.00 bits per heavy atom. The summed E-state index contributed by atoms with van der Waals surface area (Å²) in [5.74, 6) is 4.77. The molecule has 2 aliphatic heterocycles. The number of nitrogens with zero attached hydrogens (tertiary/aromatic N) is 4. The minimum atomic E-state index is -1.18. The van der Waals surface area contributed by atoms with Gasteiger partial charge in [-0.1, -0.05) is 56.0 Å². The zero-order valence-corrected chi connectivity index (χ0v) is 26.3. The fraction of sp³-hybridized carbons (Fsp3) is 0.514. The molecule has 4 amide bonds. The third kappa shape index (κ3) is 8.41. The number of ether oxygens (including phenoxy) is 1. The van der Waals surface area contributed by atoms with Crippen molar-refractivity contribution in [1.82, 2.24) is 9.80 Å². The van der Waals surface area contributed by atoms with Crippen LogP contribution in [0.2, 0.25) is 0 Å². The molecule has 238 valence electrons. The van der Waals surface area contributed by atoms with Crippen LogP contribution in [0.25, 0.3) is 0 Å². The topological polar surface area (TPSA) is 124 Å². The Bertz CT molecular complexity index is 1470. The number of anilines is 1. The molecule has 2 aromatic carbocycles. The van der Waals surface area contributed by atoms with Gasteiger partial charge in [-0.3, -0.25) is 4.79 Å². The molecule has 5 rings (SSSR count). The Hall–Kier alpha value is -4.39. The predicted octanol–water partition coefficient (Wildman–Crippen LogP) is 5.76. The first-order valence-electron chi connectivity index (χ1n) is 16.1. The highest BCUT2D eigenvalue weighted by atomic mass is 16.6. The number of carbonyl (C=O) groups is 3. The number of nitrogens with one attached hydrogen (secondary N) is 1. The monoisotopic (exact) mass is 613 g/mol. The van der Waals surface area contributed by atoms with E-state index in [0.717, 1.165) is 48.9 Å². The summed E-state index contributed by atoms with van der Waals surface area (Å²) in [7, 11) is 0. The van der Waals surface area contributed by atoms with E-state index in [4.69, 9.17) is 4.74 Å². The Labute approximate surface area is 264 Å². The number of carbonyl (C=O) groups excluding carboxylic acids is 3. The van der Waals surface area contributed by atoms with Crippen molar-refractivity contribution in [3.63, 3.8) is 0 Å². The predicted molar refractivity (Wildman–Crippen MR) is 173 cm³/mol. The van der Waals surface area contributed by atoms with Crippen LogP contribution < -0.4 is 5.32 Å². The Morgan fingerprint density at radius 3 is 2.40 bits per heavy atom. The number of rotatable bonds is 6. The second-order valence-corrected chi connectivity index (χ2v) is 12.4. The van der Waals surface area contributed by atoms with Crippen LogP contribution in [-0.2, 0) is 22.4 Å². The first kappa shape index (κ1) is 32.0. The number of aromatic hydroxyl groups is 1. The summed E-state index contributed by atoms with van der Waals surface area (Å²) < 4.78 is 5.78. The summed E-state index contributed by atoms with van der Waals surface area (Å²) >= 11 is 0. The maximum atomic E-state index is 13.3. The molecule has 45 heavy (non-hydrogen) atoms. The third-order valence-corrected chi connectivity index (χ3v) is 9.08. The smallest absolute Gasteiger partial charge is 0.410 e. The standard InChI is InChI=1S/C35H43N5O5/c1-24-21-26(22-25(2)32(24)41)23-31(33(42)37-17-16-36-28-10-5-3-4-6-11-28)45-35(44)39-18-14-29(15-19-39)40-20-13-27-9-7-8-12-30(27)38-34(40)43/h7-9,12,21-22,28-29,31,41H,3-6,10-11,13-15,18-20,23H2,1-2H3,(H,38,43)/t31-/m1/s1. The summed E-state index contributed by atoms with van der Waals surface area (Å²) in [6.07, 6.45) is 6.97. The molecule has 2 heterocycles. The second-order valence-electron chi connectivity index (χ2n) is 12.4. The van der Waals surface area contributed by atoms with Crippen molar-refractivity contribution in [2.24, 2.45) is 9.98 Å². The molecule has 2 aromatic rings. The van der Waals surface area contributed by atoms with E-state index < -0.39 is 18.1 Å². The van der Waals surface area contributed by atoms with E-state index in [1.165, 1.54) is 12.8 Å². The zero-order chi connectivity index (χ0) is 31.8. The summed E-state index contributed by atoms with van der Waals surface area (Å²) in [5, 5.41) is 13.2. The Morgan fingerprint density at radius 2 is 1.69 bits per heavy atom. The molecule has 1 atom stereocenters. The molecule has 0 radical (unpaired) electrons. The van der Waals surface area contributed by atoms with E-state index in [2.05, 4.69) is 27.0 Å². The van der Waals surface area contributed by atoms with Gasteiger partial charge in [-0.2, -0.15) is 4.99 Å². The quantitative estimate of drug-likeness (QED) is 0.317. The summed E-state index contributed by atoms with van der Waals surface area (Å²) in [5.41, 5.74) is 4.03. The van der Waals surface area contributed by atoms with Crippen LogP contribution in [0.5, 0.6) is 5.75 Å². The van der Waals surface area contributed by atoms with E-state index in [9.17, 15) is 19.5 Å². The molecular weight excluding hydrogens is 570 g/mol. The van der Waals surface area contributed by atoms with Gasteiger partial charge >= 0.3 is 12.1 Å². The van der Waals surface area contributed by atoms with E-state index >= 15 is 0 Å². The molecule has 10 nitrogen and oxygen atoms in total. The molecular formula is C35H43N5O5. The number of likely N-dealkylation sites (tertiary alicyclic amines) is 1. The number of para-hydroxylation sites is 1. The average molecular weight is 614 g/mol. The minimum absolute atomic E-state index is 0.00813. The van der Waals surface area contributed by atoms with Crippen molar-refractivity contribution in [3.05, 3.63) is 58.7 Å². The lowest BCUT2D eigenvalue weighted by atomic mass is 10.0. The van der Waals surface area contributed by atoms with Crippen LogP contribution in [0.3, 0.4) is 0 Å². The number of aliphatic imine (C=N–C) groups is 2. The SMILES string of the molecule is Cc1cc(C[C@@H](OC(=O)N2CCC(N3CCc4ccccc4NC3=O)CC2)C(=O)N=C=C=NC2CCCCCC2)cc(C)c1O. The van der Waals surface area contributed by atoms with Gasteiger partial charge in [-0.25, -0.2) is 14.6 Å². The van der Waals surface area contributed by atoms with E-state index in [1.807, 2.05) is 29.2 Å². The largest absolute Gasteiger partial charge is 0.507 e. The van der Waals surface area contributed by atoms with Gasteiger partial charge in [0.05, 0.1) is 17.8 Å². The highest BCUT2D eigenvalue weighted by molar-refractivity contribution is 5.97. The van der Waals surface area contributed by atoms with E-state index in [1.54, 1.807) is 30.9 Å². The van der Waals surface area contributed by atoms with Gasteiger partial charge in [0.15, 0.2) is 6.10 Å². The molecule has 0 spiro atoms. The highest BCUT2D eigenvalue weighted by Gasteiger charge is 2.33. The molecule has 2 fully saturated rings. The Kier molecular flexibility index (Phi) is 10.7. The van der Waals surface area contributed by atoms with Crippen LogP contribution >= 0.6 is 0 Å². The summed E-state index contributed by atoms with van der Waals surface area (Å²) in [6.45, 7) is 4.97. The normalized spacial score (nSPS) is 18.3. The van der Waals surface area contributed by atoms with Crippen LogP contribution in [0, 0.1) is 13.8 Å². The van der Waals surface area contributed by atoms with Crippen molar-refractivity contribution < 1.29 is 24.2 Å². The molecule has 0 bridgehead atoms. The van der Waals surface area contributed by atoms with Gasteiger partial charge in [0, 0.05) is 37.8 Å². The van der Waals surface area contributed by atoms with Crippen LogP contribution in [-0.4, -0.2) is 82.5 Å². The maximum absolute atomic E-state index is 13.3. The van der Waals surface area contributed by atoms with Crippen molar-refractivity contribution in [2.45, 2.75) is 96.2 Å². The first-order valence-corrected chi connectivity index (χ1v) is 16.1. The molecule has 0 aromatic heterocycles. The van der Waals surface area contributed by atoms with Crippen molar-refractivity contribution in [2.75, 3.05) is 25.0 Å². The maximum Gasteiger partial charge on any atom is 0.410 e. The molecule has 3 aliphatic rings. The number of amides is 4. The number of hydrogen-bond donors (Lipinski definition) is 2. The number of phenols is 1. The second kappa shape index (κ2) is 15.1. The lowest BCUT2D eigenvalue weighted by Gasteiger charge is -2.37. The first-order chi connectivity index (χ1) is 21.8. The van der Waals surface area contributed by atoms with Crippen molar-refractivity contribution >= 4 is 35.5 Å². The van der Waals surface area contributed by atoms with Crippen LogP contribution in [0.4, 0.5) is 15.3 Å². The fourth-order valence-electron chi connectivity index (χ4n) is 6.51. The van der Waals surface area contributed by atoms with Crippen LogP contribution in [0.1, 0.15) is 73.6 Å². The van der Waals surface area contributed by atoms with Gasteiger partial charge in [0.25, 0.3) is 5.91 Å². The summed E-state index contributed by atoms with van der Waals surface area (Å²) in [4.78, 5) is 51.3. The van der Waals surface area contributed by atoms with Gasteiger partial charge in [0.1, 0.15) is 5.75 Å². The number of benzene rings is 2. The van der Waals surface area contributed by atoms with E-state index in [-0.39, 0.29) is 30.3 Å². The number of hydrogen-bond acceptors (Lipinski definition) is 6. The molecule has 10 heteroatoms. The van der Waals surface area contributed by atoms with Crippen molar-refractivity contribution in [3.8, 4) is 5.75 Å². The zero-order valence-electron chi connectivity index (χ0n) is 26.3. The van der Waals surface area contributed by atoms with Gasteiger partial charge in [0.2, 0.25) is 0 Å². The van der Waals surface area contributed by atoms with Gasteiger partial charge < -0.3 is 25.0 Å². The van der Waals surface area contributed by atoms with Gasteiger partial charge in [-0.15, -0.1) is 0 Å². The lowest BCUT2D eigenvalue weighted by Crippen LogP contribution is -2.50. The Balaban J connectivity index is 1.23. The number of piperidine rings is 1. The molecule has 1 saturated heterocycles. The lowest BCUT2D eigenvalue weighted by molar-refractivity contribution is -0.126. The molecule has 1 aliphatic carbocycles. The van der Waals surface area contributed by atoms with Gasteiger partial charge in [-0.05, 0) is 74.3 Å². The third-order valence-electron chi connectivity index (χ3n) is 9.08. The number of fused-ring (bicyclic) bond motifs is 1. The molecule has 2 N–H and O–H groups in total. The summed E-state index contributed by atoms with van der Waals surface area (Å²) in [6, 6.07) is 11.4. The minimum Gasteiger partial charge on any atom is -0.507 e. The number of phenolic OH excluding ortho intramolecular Hbond substituents is 1. The average Bonchev–Trinajstić information content (AvgIpc) is 3.40. The number of urea groups is 1. The molecule has 1 saturated carbocycles. The highest BCUT2D eigenvalue weighted by Crippen LogP contribution is 2.26. The van der Waals surface area contributed by atoms with E-state index in [0.29, 0.717) is 43.6 Å². The van der Waals surface area contributed by atoms with Crippen LogP contribution in [0.15, 0.2) is 46.4 Å². The fourth-order valence-corrected chi connectivity index (χ4v) is 6.51.